The molecule has 0 aromatic carbocycles. The lowest BCUT2D eigenvalue weighted by Crippen LogP contribution is -2.72. The molecule has 0 aliphatic carbocycles. The maximum atomic E-state index is 11.5. The van der Waals surface area contributed by atoms with Crippen LogP contribution in [0.25, 0.3) is 0 Å². The zero-order chi connectivity index (χ0) is 11.8. The van der Waals surface area contributed by atoms with Gasteiger partial charge >= 0.3 is 11.9 Å². The van der Waals surface area contributed by atoms with Crippen molar-refractivity contribution >= 4 is 11.9 Å². The summed E-state index contributed by atoms with van der Waals surface area (Å²) in [6.45, 7) is 1.12. The summed E-state index contributed by atoms with van der Waals surface area (Å²) in [5.41, 5.74) is -2.70. The molecule has 0 unspecified atom stereocenters. The molecule has 2 saturated heterocycles. The largest absolute Gasteiger partial charge is 0.480 e. The molecule has 2 aliphatic heterocycles. The lowest BCUT2D eigenvalue weighted by molar-refractivity contribution is -0.160. The molecule has 0 spiro atoms. The average Bonchev–Trinajstić information content (AvgIpc) is 2.88. The first kappa shape index (κ1) is 11.3. The van der Waals surface area contributed by atoms with E-state index in [0.717, 1.165) is 0 Å². The number of carbonyl (C=O) groups is 2. The van der Waals surface area contributed by atoms with E-state index in [2.05, 4.69) is 10.6 Å². The summed E-state index contributed by atoms with van der Waals surface area (Å²) in [5, 5.41) is 24.5. The Hall–Kier alpha value is -1.14. The highest BCUT2D eigenvalue weighted by Crippen LogP contribution is 2.38. The number of carboxylic acid groups (broad SMARTS) is 2. The fourth-order valence-corrected chi connectivity index (χ4v) is 2.95. The number of aliphatic carboxylic acids is 2. The highest BCUT2D eigenvalue weighted by Gasteiger charge is 2.63. The summed E-state index contributed by atoms with van der Waals surface area (Å²) in [6, 6.07) is 0. The van der Waals surface area contributed by atoms with Crippen LogP contribution >= 0.6 is 0 Å². The monoisotopic (exact) mass is 228 g/mol. The minimum atomic E-state index is -1.35. The van der Waals surface area contributed by atoms with Gasteiger partial charge in [-0.1, -0.05) is 0 Å². The zero-order valence-corrected chi connectivity index (χ0v) is 8.95. The average molecular weight is 228 g/mol. The first-order valence-electron chi connectivity index (χ1n) is 5.52. The van der Waals surface area contributed by atoms with Crippen molar-refractivity contribution in [3.8, 4) is 0 Å². The SMILES string of the molecule is O=C(O)[C@]1([C@@]2(C(=O)O)CCCN2)CCCN1. The summed E-state index contributed by atoms with van der Waals surface area (Å²) in [7, 11) is 0. The van der Waals surface area contributed by atoms with E-state index in [1.54, 1.807) is 0 Å². The molecule has 0 radical (unpaired) electrons. The van der Waals surface area contributed by atoms with E-state index in [9.17, 15) is 19.8 Å². The van der Waals surface area contributed by atoms with Gasteiger partial charge in [0.2, 0.25) is 0 Å². The number of hydrogen-bond acceptors (Lipinski definition) is 4. The van der Waals surface area contributed by atoms with E-state index in [1.807, 2.05) is 0 Å². The van der Waals surface area contributed by atoms with Crippen molar-refractivity contribution in [1.29, 1.82) is 0 Å². The van der Waals surface area contributed by atoms with Crippen LogP contribution < -0.4 is 10.6 Å². The molecular formula is C10H16N2O4. The Morgan fingerprint density at radius 2 is 1.25 bits per heavy atom. The third-order valence-corrected chi connectivity index (χ3v) is 3.77. The van der Waals surface area contributed by atoms with Crippen molar-refractivity contribution in [3.63, 3.8) is 0 Å². The van der Waals surface area contributed by atoms with Crippen LogP contribution in [0.15, 0.2) is 0 Å². The van der Waals surface area contributed by atoms with Gasteiger partial charge in [0.1, 0.15) is 11.1 Å². The van der Waals surface area contributed by atoms with Gasteiger partial charge in [-0.15, -0.1) is 0 Å². The van der Waals surface area contributed by atoms with Crippen LogP contribution in [0.5, 0.6) is 0 Å². The van der Waals surface area contributed by atoms with Crippen molar-refractivity contribution in [2.75, 3.05) is 13.1 Å². The Morgan fingerprint density at radius 3 is 1.44 bits per heavy atom. The predicted octanol–water partition coefficient (Wildman–Crippen LogP) is -0.600. The van der Waals surface area contributed by atoms with Gasteiger partial charge < -0.3 is 10.2 Å². The van der Waals surface area contributed by atoms with Gasteiger partial charge in [0.25, 0.3) is 0 Å². The van der Waals surface area contributed by atoms with Gasteiger partial charge in [-0.05, 0) is 38.8 Å². The quantitative estimate of drug-likeness (QED) is 0.515. The molecule has 16 heavy (non-hydrogen) atoms. The van der Waals surface area contributed by atoms with Gasteiger partial charge in [0.15, 0.2) is 0 Å². The molecule has 2 rings (SSSR count). The topological polar surface area (TPSA) is 98.7 Å². The molecule has 2 aliphatic rings. The molecular weight excluding hydrogens is 212 g/mol. The molecule has 90 valence electrons. The summed E-state index contributed by atoms with van der Waals surface area (Å²) >= 11 is 0. The fourth-order valence-electron chi connectivity index (χ4n) is 2.95. The van der Waals surface area contributed by atoms with Crippen molar-refractivity contribution in [1.82, 2.24) is 10.6 Å². The molecule has 0 aromatic heterocycles. The van der Waals surface area contributed by atoms with Gasteiger partial charge in [-0.3, -0.25) is 20.2 Å². The molecule has 0 aromatic rings. The third-order valence-electron chi connectivity index (χ3n) is 3.77. The summed E-state index contributed by atoms with van der Waals surface area (Å²) in [5.74, 6) is -2.14. The van der Waals surface area contributed by atoms with Gasteiger partial charge in [-0.25, -0.2) is 0 Å². The van der Waals surface area contributed by atoms with Crippen LogP contribution in [0.3, 0.4) is 0 Å². The van der Waals surface area contributed by atoms with Gasteiger partial charge in [-0.2, -0.15) is 0 Å². The molecule has 2 atom stereocenters. The smallest absolute Gasteiger partial charge is 0.326 e. The second kappa shape index (κ2) is 3.71. The standard InChI is InChI=1S/C10H16N2O4/c13-7(14)9(3-1-5-11-9)10(8(15)16)4-2-6-12-10/h11-12H,1-6H2,(H,13,14)(H,15,16)/t9-,10-/m0/s1. The van der Waals surface area contributed by atoms with Gasteiger partial charge in [0.05, 0.1) is 0 Å². The number of rotatable bonds is 3. The van der Waals surface area contributed by atoms with Crippen molar-refractivity contribution in [3.05, 3.63) is 0 Å². The Balaban J connectivity index is 2.44. The fraction of sp³-hybridized carbons (Fsp3) is 0.800. The number of carboxylic acids is 2. The highest BCUT2D eigenvalue weighted by atomic mass is 16.4. The summed E-state index contributed by atoms with van der Waals surface area (Å²) < 4.78 is 0. The minimum absolute atomic E-state index is 0.363. The molecule has 6 heteroatoms. The van der Waals surface area contributed by atoms with E-state index in [1.165, 1.54) is 0 Å². The van der Waals surface area contributed by atoms with E-state index < -0.39 is 23.0 Å². The lowest BCUT2D eigenvalue weighted by atomic mass is 9.74. The van der Waals surface area contributed by atoms with Crippen LogP contribution in [0, 0.1) is 0 Å². The maximum Gasteiger partial charge on any atom is 0.326 e. The number of nitrogens with one attached hydrogen (secondary N) is 2. The van der Waals surface area contributed by atoms with E-state index in [4.69, 9.17) is 0 Å². The van der Waals surface area contributed by atoms with Crippen molar-refractivity contribution in [2.24, 2.45) is 0 Å². The zero-order valence-electron chi connectivity index (χ0n) is 8.95. The third kappa shape index (κ3) is 1.26. The minimum Gasteiger partial charge on any atom is -0.480 e. The molecule has 0 saturated carbocycles. The first-order valence-corrected chi connectivity index (χ1v) is 5.52. The van der Waals surface area contributed by atoms with Gasteiger partial charge in [0, 0.05) is 0 Å². The summed E-state index contributed by atoms with van der Waals surface area (Å²) in [6.07, 6.45) is 2.12. The molecule has 4 N–H and O–H groups in total. The second-order valence-electron chi connectivity index (χ2n) is 4.48. The number of hydrogen-bond donors (Lipinski definition) is 4. The van der Waals surface area contributed by atoms with E-state index >= 15 is 0 Å². The van der Waals surface area contributed by atoms with Crippen molar-refractivity contribution < 1.29 is 19.8 Å². The van der Waals surface area contributed by atoms with E-state index in [-0.39, 0.29) is 0 Å². The van der Waals surface area contributed by atoms with Crippen LogP contribution in [-0.2, 0) is 9.59 Å². The molecule has 2 fully saturated rings. The Bertz CT molecular complexity index is 285. The predicted molar refractivity (Wildman–Crippen MR) is 55.2 cm³/mol. The molecule has 2 heterocycles. The second-order valence-corrected chi connectivity index (χ2v) is 4.48. The molecule has 6 nitrogen and oxygen atoms in total. The van der Waals surface area contributed by atoms with E-state index in [0.29, 0.717) is 38.8 Å². The molecule has 0 amide bonds. The summed E-state index contributed by atoms with van der Waals surface area (Å²) in [4.78, 5) is 22.9. The molecule has 0 bridgehead atoms. The normalized spacial score (nSPS) is 38.8. The maximum absolute atomic E-state index is 11.5. The lowest BCUT2D eigenvalue weighted by Gasteiger charge is -2.40. The highest BCUT2D eigenvalue weighted by molar-refractivity contribution is 5.93. The van der Waals surface area contributed by atoms with Crippen LogP contribution in [0.1, 0.15) is 25.7 Å². The Kier molecular flexibility index (Phi) is 2.63. The van der Waals surface area contributed by atoms with Crippen molar-refractivity contribution in [2.45, 2.75) is 36.8 Å². The first-order chi connectivity index (χ1) is 7.55. The Labute approximate surface area is 93.0 Å². The van der Waals surface area contributed by atoms with Crippen LogP contribution in [-0.4, -0.2) is 46.3 Å². The van der Waals surface area contributed by atoms with Crippen LogP contribution in [0.4, 0.5) is 0 Å². The van der Waals surface area contributed by atoms with Crippen LogP contribution in [0.2, 0.25) is 0 Å². The Morgan fingerprint density at radius 1 is 0.875 bits per heavy atom.